The zero-order valence-electron chi connectivity index (χ0n) is 15.6. The molecule has 2 N–H and O–H groups in total. The van der Waals surface area contributed by atoms with Crippen molar-refractivity contribution in [2.24, 2.45) is 5.92 Å². The van der Waals surface area contributed by atoms with Crippen molar-refractivity contribution in [2.45, 2.75) is 32.4 Å². The van der Waals surface area contributed by atoms with E-state index in [1.807, 2.05) is 6.92 Å². The van der Waals surface area contributed by atoms with Gasteiger partial charge in [-0.3, -0.25) is 0 Å². The van der Waals surface area contributed by atoms with Crippen molar-refractivity contribution < 1.29 is 9.53 Å². The number of ether oxygens (including phenoxy) is 1. The quantitative estimate of drug-likeness (QED) is 0.634. The molecule has 1 aliphatic rings. The number of amides is 2. The van der Waals surface area contributed by atoms with Crippen LogP contribution in [0.4, 0.5) is 10.5 Å². The van der Waals surface area contributed by atoms with E-state index in [1.165, 1.54) is 17.3 Å². The Morgan fingerprint density at radius 2 is 2.25 bits per heavy atom. The number of carbonyl (C=O) groups excluding carboxylic acids is 1. The Labute approximate surface area is 161 Å². The van der Waals surface area contributed by atoms with Crippen molar-refractivity contribution in [3.05, 3.63) is 36.7 Å². The van der Waals surface area contributed by atoms with Gasteiger partial charge in [0.25, 0.3) is 0 Å². The van der Waals surface area contributed by atoms with Crippen LogP contribution in [0.2, 0.25) is 0 Å². The largest absolute Gasteiger partial charge is 0.497 e. The number of aryl methyl sites for hydroxylation is 1. The average Bonchev–Trinajstić information content (AvgIpc) is 3.19. The Morgan fingerprint density at radius 3 is 2.93 bits per heavy atom. The van der Waals surface area contributed by atoms with Crippen LogP contribution in [-0.4, -0.2) is 48.1 Å². The van der Waals surface area contributed by atoms with E-state index in [0.717, 1.165) is 18.7 Å². The van der Waals surface area contributed by atoms with E-state index >= 15 is 0 Å². The molecular weight excluding hydrogens is 362 g/mol. The molecule has 0 unspecified atom stereocenters. The number of methoxy groups -OCH3 is 1. The van der Waals surface area contributed by atoms with E-state index in [0.29, 0.717) is 29.6 Å². The number of aromatic nitrogens is 7. The van der Waals surface area contributed by atoms with Crippen molar-refractivity contribution >= 4 is 11.7 Å². The fourth-order valence-electron chi connectivity index (χ4n) is 3.09. The highest BCUT2D eigenvalue weighted by atomic mass is 16.5. The number of tetrazole rings is 1. The van der Waals surface area contributed by atoms with Crippen LogP contribution < -0.4 is 15.4 Å². The van der Waals surface area contributed by atoms with Crippen molar-refractivity contribution in [1.29, 1.82) is 0 Å². The van der Waals surface area contributed by atoms with E-state index in [1.54, 1.807) is 30.0 Å². The van der Waals surface area contributed by atoms with E-state index in [9.17, 15) is 4.79 Å². The fraction of sp³-hybridized carbons (Fsp3) is 0.412. The van der Waals surface area contributed by atoms with Crippen LogP contribution in [0.25, 0.3) is 5.69 Å². The van der Waals surface area contributed by atoms with Gasteiger partial charge in [-0.1, -0.05) is 0 Å². The minimum Gasteiger partial charge on any atom is -0.497 e. The average molecular weight is 383 g/mol. The van der Waals surface area contributed by atoms with Crippen molar-refractivity contribution in [1.82, 2.24) is 40.3 Å². The third kappa shape index (κ3) is 3.63. The SMILES string of the molecule is CCn1ncnc1[C@@H](NC(=O)Nc1cc(OC)ccc1-n1cnnn1)C1CC1. The predicted octanol–water partition coefficient (Wildman–Crippen LogP) is 1.56. The molecule has 3 aromatic rings. The minimum atomic E-state index is -0.342. The molecule has 28 heavy (non-hydrogen) atoms. The molecule has 1 aliphatic carbocycles. The highest BCUT2D eigenvalue weighted by Crippen LogP contribution is 2.40. The Bertz CT molecular complexity index is 949. The Kier molecular flexibility index (Phi) is 4.87. The summed E-state index contributed by atoms with van der Waals surface area (Å²) in [5.41, 5.74) is 1.15. The van der Waals surface area contributed by atoms with Gasteiger partial charge in [-0.2, -0.15) is 9.78 Å². The van der Waals surface area contributed by atoms with Crippen LogP contribution in [-0.2, 0) is 6.54 Å². The van der Waals surface area contributed by atoms with Crippen molar-refractivity contribution in [2.75, 3.05) is 12.4 Å². The van der Waals surface area contributed by atoms with Crippen molar-refractivity contribution in [3.63, 3.8) is 0 Å². The molecule has 1 fully saturated rings. The fourth-order valence-corrected chi connectivity index (χ4v) is 3.09. The van der Waals surface area contributed by atoms with Gasteiger partial charge in [0.15, 0.2) is 0 Å². The van der Waals surface area contributed by atoms with Crippen LogP contribution in [0.3, 0.4) is 0 Å². The lowest BCUT2D eigenvalue weighted by Gasteiger charge is -2.19. The molecule has 0 aliphatic heterocycles. The molecule has 146 valence electrons. The molecule has 11 nitrogen and oxygen atoms in total. The first-order chi connectivity index (χ1) is 13.7. The summed E-state index contributed by atoms with van der Waals surface area (Å²) >= 11 is 0. The molecule has 2 aromatic heterocycles. The number of rotatable bonds is 7. The summed E-state index contributed by atoms with van der Waals surface area (Å²) in [5, 5.41) is 21.3. The second-order valence-corrected chi connectivity index (χ2v) is 6.49. The van der Waals surface area contributed by atoms with Gasteiger partial charge >= 0.3 is 6.03 Å². The normalized spacial score (nSPS) is 14.5. The Morgan fingerprint density at radius 1 is 1.39 bits per heavy atom. The van der Waals surface area contributed by atoms with Gasteiger partial charge in [0.1, 0.15) is 24.2 Å². The molecule has 0 saturated heterocycles. The van der Waals surface area contributed by atoms with Crippen LogP contribution in [0.1, 0.15) is 31.6 Å². The highest BCUT2D eigenvalue weighted by molar-refractivity contribution is 5.92. The van der Waals surface area contributed by atoms with Gasteiger partial charge in [-0.25, -0.2) is 14.5 Å². The van der Waals surface area contributed by atoms with E-state index < -0.39 is 0 Å². The smallest absolute Gasteiger partial charge is 0.319 e. The second kappa shape index (κ2) is 7.62. The third-order valence-corrected chi connectivity index (χ3v) is 4.65. The third-order valence-electron chi connectivity index (χ3n) is 4.65. The zero-order valence-corrected chi connectivity index (χ0v) is 15.6. The number of hydrogen-bond acceptors (Lipinski definition) is 7. The summed E-state index contributed by atoms with van der Waals surface area (Å²) in [6.07, 6.45) is 5.08. The minimum absolute atomic E-state index is 0.190. The molecule has 0 bridgehead atoms. The van der Waals surface area contributed by atoms with Gasteiger partial charge in [-0.15, -0.1) is 5.10 Å². The molecule has 1 aromatic carbocycles. The predicted molar refractivity (Wildman–Crippen MR) is 99.0 cm³/mol. The summed E-state index contributed by atoms with van der Waals surface area (Å²) in [4.78, 5) is 17.1. The van der Waals surface area contributed by atoms with Gasteiger partial charge in [0.05, 0.1) is 24.5 Å². The molecule has 1 saturated carbocycles. The van der Waals surface area contributed by atoms with Crippen LogP contribution >= 0.6 is 0 Å². The molecule has 1 atom stereocenters. The highest BCUT2D eigenvalue weighted by Gasteiger charge is 2.36. The lowest BCUT2D eigenvalue weighted by atomic mass is 10.1. The maximum Gasteiger partial charge on any atom is 0.319 e. The zero-order chi connectivity index (χ0) is 19.5. The Hall–Kier alpha value is -3.50. The number of nitrogens with zero attached hydrogens (tertiary/aromatic N) is 7. The molecule has 2 heterocycles. The summed E-state index contributed by atoms with van der Waals surface area (Å²) < 4.78 is 8.55. The maximum absolute atomic E-state index is 12.8. The molecule has 0 radical (unpaired) electrons. The first-order valence-corrected chi connectivity index (χ1v) is 9.06. The number of benzene rings is 1. The first-order valence-electron chi connectivity index (χ1n) is 9.06. The Balaban J connectivity index is 1.56. The van der Waals surface area contributed by atoms with Crippen LogP contribution in [0.15, 0.2) is 30.9 Å². The van der Waals surface area contributed by atoms with E-state index in [-0.39, 0.29) is 12.1 Å². The number of hydrogen-bond donors (Lipinski definition) is 2. The molecule has 11 heteroatoms. The lowest BCUT2D eigenvalue weighted by molar-refractivity contribution is 0.246. The standard InChI is InChI=1S/C17H21N9O2/c1-3-25-16(18-9-20-25)15(11-4-5-11)22-17(27)21-13-8-12(28-2)6-7-14(13)26-10-19-23-24-26/h6-11,15H,3-5H2,1-2H3,(H2,21,22,27)/t15-/m0/s1. The van der Waals surface area contributed by atoms with Crippen molar-refractivity contribution in [3.8, 4) is 11.4 Å². The molecule has 2 amide bonds. The van der Waals surface area contributed by atoms with Crippen LogP contribution in [0, 0.1) is 5.92 Å². The van der Waals surface area contributed by atoms with Crippen LogP contribution in [0.5, 0.6) is 5.75 Å². The number of urea groups is 1. The topological polar surface area (TPSA) is 125 Å². The summed E-state index contributed by atoms with van der Waals surface area (Å²) in [6, 6.07) is 4.74. The van der Waals surface area contributed by atoms with Gasteiger partial charge in [-0.05, 0) is 48.2 Å². The summed E-state index contributed by atoms with van der Waals surface area (Å²) in [5.74, 6) is 1.74. The first kappa shape index (κ1) is 17.9. The number of anilines is 1. The maximum atomic E-state index is 12.8. The summed E-state index contributed by atoms with van der Waals surface area (Å²) in [6.45, 7) is 2.69. The van der Waals surface area contributed by atoms with E-state index in [4.69, 9.17) is 4.74 Å². The second-order valence-electron chi connectivity index (χ2n) is 6.49. The van der Waals surface area contributed by atoms with Gasteiger partial charge < -0.3 is 15.4 Å². The number of carbonyl (C=O) groups is 1. The van der Waals surface area contributed by atoms with E-state index in [2.05, 4.69) is 36.2 Å². The molecule has 4 rings (SSSR count). The molecule has 0 spiro atoms. The molecular formula is C17H21N9O2. The monoisotopic (exact) mass is 383 g/mol. The summed E-state index contributed by atoms with van der Waals surface area (Å²) in [7, 11) is 1.57. The van der Waals surface area contributed by atoms with Gasteiger partial charge in [0, 0.05) is 12.6 Å². The lowest BCUT2D eigenvalue weighted by Crippen LogP contribution is -2.35. The van der Waals surface area contributed by atoms with Gasteiger partial charge in [0.2, 0.25) is 0 Å². The number of nitrogens with one attached hydrogen (secondary N) is 2.